The van der Waals surface area contributed by atoms with Crippen molar-refractivity contribution < 1.29 is 4.79 Å². The average molecular weight is 272 g/mol. The Balaban J connectivity index is 1.72. The highest BCUT2D eigenvalue weighted by Crippen LogP contribution is 2.64. The van der Waals surface area contributed by atoms with Gasteiger partial charge in [-0.15, -0.1) is 0 Å². The Labute approximate surface area is 123 Å². The molecule has 4 rings (SSSR count). The molecule has 0 aromatic rings. The van der Waals surface area contributed by atoms with Crippen molar-refractivity contribution >= 4 is 5.78 Å². The smallest absolute Gasteiger partial charge is 0.136 e. The Morgan fingerprint density at radius 3 is 2.80 bits per heavy atom. The molecule has 20 heavy (non-hydrogen) atoms. The van der Waals surface area contributed by atoms with Gasteiger partial charge in [-0.25, -0.2) is 0 Å². The van der Waals surface area contributed by atoms with Crippen LogP contribution in [0.15, 0.2) is 11.6 Å². The molecule has 0 radical (unpaired) electrons. The van der Waals surface area contributed by atoms with Crippen LogP contribution in [-0.4, -0.2) is 5.78 Å². The van der Waals surface area contributed by atoms with Crippen LogP contribution in [0.1, 0.15) is 71.6 Å². The zero-order valence-electron chi connectivity index (χ0n) is 13.1. The maximum atomic E-state index is 12.5. The van der Waals surface area contributed by atoms with E-state index in [0.29, 0.717) is 28.4 Å². The topological polar surface area (TPSA) is 17.1 Å². The summed E-state index contributed by atoms with van der Waals surface area (Å²) >= 11 is 0. The van der Waals surface area contributed by atoms with Gasteiger partial charge in [-0.05, 0) is 74.0 Å². The van der Waals surface area contributed by atoms with Gasteiger partial charge < -0.3 is 0 Å². The number of fused-ring (bicyclic) bond motifs is 5. The molecule has 3 fully saturated rings. The number of hydrogen-bond donors (Lipinski definition) is 0. The Kier molecular flexibility index (Phi) is 2.76. The van der Waals surface area contributed by atoms with Crippen LogP contribution in [0.25, 0.3) is 0 Å². The number of hydrogen-bond acceptors (Lipinski definition) is 1. The zero-order chi connectivity index (χ0) is 14.0. The van der Waals surface area contributed by atoms with Gasteiger partial charge in [0.2, 0.25) is 0 Å². The molecule has 1 nitrogen and oxygen atoms in total. The Morgan fingerprint density at radius 2 is 1.95 bits per heavy atom. The molecule has 0 aliphatic heterocycles. The van der Waals surface area contributed by atoms with E-state index >= 15 is 0 Å². The molecule has 0 aromatic heterocycles. The van der Waals surface area contributed by atoms with Crippen LogP contribution in [0.2, 0.25) is 0 Å². The first-order chi connectivity index (χ1) is 9.55. The lowest BCUT2D eigenvalue weighted by atomic mass is 9.47. The summed E-state index contributed by atoms with van der Waals surface area (Å²) in [6.07, 6.45) is 13.8. The molecule has 0 heterocycles. The van der Waals surface area contributed by atoms with Gasteiger partial charge in [-0.2, -0.15) is 0 Å². The summed E-state index contributed by atoms with van der Waals surface area (Å²) in [6.45, 7) is 4.93. The van der Waals surface area contributed by atoms with Gasteiger partial charge in [0.15, 0.2) is 0 Å². The van der Waals surface area contributed by atoms with Gasteiger partial charge in [0.1, 0.15) is 5.78 Å². The maximum Gasteiger partial charge on any atom is 0.136 e. The third-order valence-electron chi connectivity index (χ3n) is 7.60. The highest BCUT2D eigenvalue weighted by molar-refractivity contribution is 5.84. The van der Waals surface area contributed by atoms with Gasteiger partial charge in [0.25, 0.3) is 0 Å². The zero-order valence-corrected chi connectivity index (χ0v) is 13.1. The van der Waals surface area contributed by atoms with Crippen molar-refractivity contribution in [2.75, 3.05) is 0 Å². The number of rotatable bonds is 0. The van der Waals surface area contributed by atoms with Gasteiger partial charge in [-0.1, -0.05) is 25.5 Å². The van der Waals surface area contributed by atoms with Crippen LogP contribution >= 0.6 is 0 Å². The van der Waals surface area contributed by atoms with E-state index in [2.05, 4.69) is 19.9 Å². The molecule has 4 aliphatic rings. The normalized spacial score (nSPS) is 51.0. The van der Waals surface area contributed by atoms with E-state index in [1.807, 2.05) is 0 Å². The predicted octanol–water partition coefficient (Wildman–Crippen LogP) is 4.91. The summed E-state index contributed by atoms with van der Waals surface area (Å²) in [7, 11) is 0. The largest absolute Gasteiger partial charge is 0.299 e. The van der Waals surface area contributed by atoms with E-state index < -0.39 is 0 Å². The van der Waals surface area contributed by atoms with Crippen LogP contribution in [0.3, 0.4) is 0 Å². The molecule has 0 N–H and O–H groups in total. The fourth-order valence-corrected chi connectivity index (χ4v) is 6.51. The van der Waals surface area contributed by atoms with Crippen molar-refractivity contribution in [2.24, 2.45) is 28.6 Å². The summed E-state index contributed by atoms with van der Waals surface area (Å²) < 4.78 is 0. The lowest BCUT2D eigenvalue weighted by Crippen LogP contribution is -2.50. The van der Waals surface area contributed by atoms with E-state index in [-0.39, 0.29) is 0 Å². The van der Waals surface area contributed by atoms with E-state index in [1.54, 1.807) is 5.57 Å². The molecule has 1 heteroatoms. The van der Waals surface area contributed by atoms with Crippen LogP contribution in [0.5, 0.6) is 0 Å². The number of carbonyl (C=O) groups is 1. The number of carbonyl (C=O) groups excluding carboxylic acids is 1. The second-order valence-corrected chi connectivity index (χ2v) is 8.48. The van der Waals surface area contributed by atoms with Gasteiger partial charge in [-0.3, -0.25) is 4.79 Å². The number of Topliss-reactive ketones (excluding diaryl/α,β-unsaturated/α-hetero) is 1. The molecule has 0 amide bonds. The Hall–Kier alpha value is -0.590. The first-order valence-electron chi connectivity index (χ1n) is 8.77. The predicted molar refractivity (Wildman–Crippen MR) is 81.3 cm³/mol. The average Bonchev–Trinajstić information content (AvgIpc) is 2.74. The van der Waals surface area contributed by atoms with E-state index in [1.165, 1.54) is 51.4 Å². The van der Waals surface area contributed by atoms with Crippen LogP contribution in [0.4, 0.5) is 0 Å². The highest BCUT2D eigenvalue weighted by Gasteiger charge is 2.58. The van der Waals surface area contributed by atoms with Crippen molar-refractivity contribution in [2.45, 2.75) is 71.6 Å². The van der Waals surface area contributed by atoms with Crippen LogP contribution < -0.4 is 0 Å². The minimum Gasteiger partial charge on any atom is -0.299 e. The maximum absolute atomic E-state index is 12.5. The standard InChI is InChI=1S/C19H28O/c1-18-11-8-15-14(17(18)16(20)9-12-18)7-6-13-5-3-4-10-19(13,15)2/h5,14-15,17H,3-4,6-12H2,1-2H3/t14-,15+,17-,18-,19+/m1/s1. The summed E-state index contributed by atoms with van der Waals surface area (Å²) in [5.41, 5.74) is 2.54. The highest BCUT2D eigenvalue weighted by atomic mass is 16.1. The van der Waals surface area contributed by atoms with E-state index in [4.69, 9.17) is 0 Å². The summed E-state index contributed by atoms with van der Waals surface area (Å²) in [5.74, 6) is 2.50. The number of ketones is 1. The summed E-state index contributed by atoms with van der Waals surface area (Å²) in [5, 5.41) is 0. The minimum absolute atomic E-state index is 0.352. The van der Waals surface area contributed by atoms with Crippen LogP contribution in [-0.2, 0) is 4.79 Å². The molecular weight excluding hydrogens is 244 g/mol. The third kappa shape index (κ3) is 1.58. The fourth-order valence-electron chi connectivity index (χ4n) is 6.51. The van der Waals surface area contributed by atoms with Crippen molar-refractivity contribution in [1.82, 2.24) is 0 Å². The summed E-state index contributed by atoms with van der Waals surface area (Å²) in [4.78, 5) is 12.5. The van der Waals surface area contributed by atoms with Crippen LogP contribution in [0, 0.1) is 28.6 Å². The molecular formula is C19H28O. The molecule has 3 saturated carbocycles. The molecule has 5 atom stereocenters. The Morgan fingerprint density at radius 1 is 1.10 bits per heavy atom. The van der Waals surface area contributed by atoms with Gasteiger partial charge in [0.05, 0.1) is 0 Å². The SMILES string of the molecule is C[C@@]12CCC(=O)[C@H]1[C@@H]1CCC3=CCCC[C@]3(C)[C@H]1CC2. The molecule has 0 bridgehead atoms. The second kappa shape index (κ2) is 4.21. The molecule has 4 aliphatic carbocycles. The monoisotopic (exact) mass is 272 g/mol. The van der Waals surface area contributed by atoms with Crippen molar-refractivity contribution in [1.29, 1.82) is 0 Å². The van der Waals surface area contributed by atoms with Crippen molar-refractivity contribution in [3.63, 3.8) is 0 Å². The van der Waals surface area contributed by atoms with Gasteiger partial charge in [0, 0.05) is 12.3 Å². The van der Waals surface area contributed by atoms with Crippen molar-refractivity contribution in [3.8, 4) is 0 Å². The Bertz CT molecular complexity index is 476. The first-order valence-corrected chi connectivity index (χ1v) is 8.77. The van der Waals surface area contributed by atoms with E-state index in [9.17, 15) is 4.79 Å². The molecule has 110 valence electrons. The fraction of sp³-hybridized carbons (Fsp3) is 0.842. The first kappa shape index (κ1) is 13.1. The molecule has 0 saturated heterocycles. The minimum atomic E-state index is 0.352. The summed E-state index contributed by atoms with van der Waals surface area (Å²) in [6, 6.07) is 0. The van der Waals surface area contributed by atoms with Gasteiger partial charge >= 0.3 is 0 Å². The third-order valence-corrected chi connectivity index (χ3v) is 7.60. The van der Waals surface area contributed by atoms with E-state index in [0.717, 1.165) is 12.3 Å². The lowest BCUT2D eigenvalue weighted by Gasteiger charge is -2.57. The number of allylic oxidation sites excluding steroid dienone is 2. The van der Waals surface area contributed by atoms with Crippen molar-refractivity contribution in [3.05, 3.63) is 11.6 Å². The second-order valence-electron chi connectivity index (χ2n) is 8.48. The lowest BCUT2D eigenvalue weighted by molar-refractivity contribution is -0.130. The molecule has 0 aromatic carbocycles. The molecule has 0 unspecified atom stereocenters. The molecule has 0 spiro atoms. The quantitative estimate of drug-likeness (QED) is 0.573.